The van der Waals surface area contributed by atoms with Gasteiger partial charge in [-0.2, -0.15) is 13.2 Å². The van der Waals surface area contributed by atoms with Crippen LogP contribution in [0.15, 0.2) is 48.5 Å². The normalized spacial score (nSPS) is 11.5. The first-order valence-electron chi connectivity index (χ1n) is 7.19. The van der Waals surface area contributed by atoms with Gasteiger partial charge in [-0.3, -0.25) is 0 Å². The Kier molecular flexibility index (Phi) is 4.08. The Balaban J connectivity index is 2.09. The fourth-order valence-electron chi connectivity index (χ4n) is 2.43. The highest BCUT2D eigenvalue weighted by Gasteiger charge is 2.30. The molecule has 0 spiro atoms. The van der Waals surface area contributed by atoms with Gasteiger partial charge in [0.1, 0.15) is 5.75 Å². The lowest BCUT2D eigenvalue weighted by molar-refractivity contribution is -0.137. The Bertz CT molecular complexity index is 950. The number of aromatic hydroxyl groups is 1. The lowest BCUT2D eigenvalue weighted by atomic mass is 10.1. The van der Waals surface area contributed by atoms with E-state index in [1.807, 2.05) is 0 Å². The average Bonchev–Trinajstić information content (AvgIpc) is 2.59. The van der Waals surface area contributed by atoms with Gasteiger partial charge in [0, 0.05) is 17.0 Å². The number of ether oxygens (including phenoxy) is 1. The van der Waals surface area contributed by atoms with Crippen molar-refractivity contribution in [1.82, 2.24) is 4.98 Å². The Morgan fingerprint density at radius 3 is 2.36 bits per heavy atom. The van der Waals surface area contributed by atoms with Gasteiger partial charge in [-0.05, 0) is 30.3 Å². The zero-order valence-corrected chi connectivity index (χ0v) is 13.0. The molecule has 2 aromatic carbocycles. The van der Waals surface area contributed by atoms with Gasteiger partial charge in [0.25, 0.3) is 0 Å². The third-order valence-corrected chi connectivity index (χ3v) is 3.72. The van der Waals surface area contributed by atoms with Crippen LogP contribution in [0.3, 0.4) is 0 Å². The summed E-state index contributed by atoms with van der Waals surface area (Å²) in [6, 6.07) is 10.3. The monoisotopic (exact) mass is 347 g/mol. The fourth-order valence-corrected chi connectivity index (χ4v) is 2.43. The first-order chi connectivity index (χ1) is 11.8. The fraction of sp³-hybridized carbons (Fsp3) is 0.111. The van der Waals surface area contributed by atoms with Gasteiger partial charge in [-0.25, -0.2) is 9.78 Å². The number of rotatable bonds is 2. The molecule has 0 unspecified atom stereocenters. The van der Waals surface area contributed by atoms with E-state index in [2.05, 4.69) is 9.72 Å². The van der Waals surface area contributed by atoms with Gasteiger partial charge in [0.2, 0.25) is 0 Å². The van der Waals surface area contributed by atoms with Crippen molar-refractivity contribution in [3.8, 4) is 17.0 Å². The van der Waals surface area contributed by atoms with Crippen molar-refractivity contribution in [3.63, 3.8) is 0 Å². The van der Waals surface area contributed by atoms with Gasteiger partial charge in [0.15, 0.2) is 0 Å². The molecule has 1 aromatic heterocycles. The van der Waals surface area contributed by atoms with Crippen molar-refractivity contribution < 1.29 is 27.8 Å². The van der Waals surface area contributed by atoms with E-state index in [0.29, 0.717) is 22.2 Å². The summed E-state index contributed by atoms with van der Waals surface area (Å²) in [5.41, 5.74) is 0.521. The van der Waals surface area contributed by atoms with Crippen molar-refractivity contribution in [2.75, 3.05) is 7.11 Å². The van der Waals surface area contributed by atoms with E-state index >= 15 is 0 Å². The molecule has 3 rings (SSSR count). The van der Waals surface area contributed by atoms with E-state index in [4.69, 9.17) is 0 Å². The molecular weight excluding hydrogens is 335 g/mol. The molecule has 0 fully saturated rings. The predicted molar refractivity (Wildman–Crippen MR) is 85.2 cm³/mol. The molecule has 25 heavy (non-hydrogen) atoms. The summed E-state index contributed by atoms with van der Waals surface area (Å²) in [4.78, 5) is 15.9. The predicted octanol–water partition coefficient (Wildman–Crippen LogP) is 4.41. The Morgan fingerprint density at radius 1 is 1.08 bits per heavy atom. The van der Waals surface area contributed by atoms with Crippen LogP contribution in [-0.4, -0.2) is 23.2 Å². The highest BCUT2D eigenvalue weighted by Crippen LogP contribution is 2.33. The Hall–Kier alpha value is -3.09. The lowest BCUT2D eigenvalue weighted by Gasteiger charge is -2.09. The van der Waals surface area contributed by atoms with Crippen LogP contribution in [0, 0.1) is 0 Å². The Morgan fingerprint density at radius 2 is 1.76 bits per heavy atom. The number of alkyl halides is 3. The molecule has 0 bridgehead atoms. The second-order valence-electron chi connectivity index (χ2n) is 5.33. The van der Waals surface area contributed by atoms with E-state index in [1.165, 1.54) is 43.5 Å². The number of hydrogen-bond acceptors (Lipinski definition) is 4. The van der Waals surface area contributed by atoms with Gasteiger partial charge >= 0.3 is 12.1 Å². The number of benzene rings is 2. The average molecular weight is 347 g/mol. The third kappa shape index (κ3) is 3.26. The number of halogens is 3. The molecule has 7 heteroatoms. The molecule has 128 valence electrons. The first kappa shape index (κ1) is 16.8. The summed E-state index contributed by atoms with van der Waals surface area (Å²) in [7, 11) is 1.25. The SMILES string of the molecule is COC(=O)c1ccc2c(O)cc(-c3ccc(C(F)(F)F)cc3)nc2c1. The largest absolute Gasteiger partial charge is 0.507 e. The first-order valence-corrected chi connectivity index (χ1v) is 7.19. The summed E-state index contributed by atoms with van der Waals surface area (Å²) < 4.78 is 42.6. The maximum atomic E-state index is 12.6. The number of nitrogens with zero attached hydrogens (tertiary/aromatic N) is 1. The van der Waals surface area contributed by atoms with Crippen molar-refractivity contribution in [3.05, 3.63) is 59.7 Å². The number of carbonyl (C=O) groups excluding carboxylic acids is 1. The van der Waals surface area contributed by atoms with Crippen LogP contribution in [0.1, 0.15) is 15.9 Å². The lowest BCUT2D eigenvalue weighted by Crippen LogP contribution is -2.04. The quantitative estimate of drug-likeness (QED) is 0.698. The summed E-state index contributed by atoms with van der Waals surface area (Å²) in [5.74, 6) is -0.639. The summed E-state index contributed by atoms with van der Waals surface area (Å²) in [6.45, 7) is 0. The topological polar surface area (TPSA) is 59.4 Å². The highest BCUT2D eigenvalue weighted by atomic mass is 19.4. The van der Waals surface area contributed by atoms with E-state index < -0.39 is 17.7 Å². The number of hydrogen-bond donors (Lipinski definition) is 1. The van der Waals surface area contributed by atoms with Gasteiger partial charge < -0.3 is 9.84 Å². The molecule has 4 nitrogen and oxygen atoms in total. The number of methoxy groups -OCH3 is 1. The van der Waals surface area contributed by atoms with Crippen LogP contribution >= 0.6 is 0 Å². The van der Waals surface area contributed by atoms with Crippen LogP contribution in [0.5, 0.6) is 5.75 Å². The van der Waals surface area contributed by atoms with Crippen molar-refractivity contribution in [2.24, 2.45) is 0 Å². The number of carbonyl (C=O) groups is 1. The molecule has 0 saturated carbocycles. The minimum absolute atomic E-state index is 0.0867. The van der Waals surface area contributed by atoms with E-state index in [1.54, 1.807) is 0 Å². The zero-order valence-electron chi connectivity index (χ0n) is 13.0. The zero-order chi connectivity index (χ0) is 18.2. The molecule has 1 N–H and O–H groups in total. The van der Waals surface area contributed by atoms with Crippen LogP contribution in [0.25, 0.3) is 22.2 Å². The van der Waals surface area contributed by atoms with Crippen LogP contribution < -0.4 is 0 Å². The van der Waals surface area contributed by atoms with Gasteiger partial charge in [-0.1, -0.05) is 12.1 Å². The van der Waals surface area contributed by atoms with Crippen molar-refractivity contribution >= 4 is 16.9 Å². The van der Waals surface area contributed by atoms with E-state index in [9.17, 15) is 23.1 Å². The second-order valence-corrected chi connectivity index (χ2v) is 5.33. The van der Waals surface area contributed by atoms with Crippen LogP contribution in [0.2, 0.25) is 0 Å². The van der Waals surface area contributed by atoms with E-state index in [-0.39, 0.29) is 11.3 Å². The summed E-state index contributed by atoms with van der Waals surface area (Å²) in [6.07, 6.45) is -4.42. The highest BCUT2D eigenvalue weighted by molar-refractivity contribution is 5.96. The number of esters is 1. The smallest absolute Gasteiger partial charge is 0.416 e. The maximum absolute atomic E-state index is 12.6. The van der Waals surface area contributed by atoms with Crippen molar-refractivity contribution in [2.45, 2.75) is 6.18 Å². The number of aromatic nitrogens is 1. The summed E-state index contributed by atoms with van der Waals surface area (Å²) >= 11 is 0. The second kappa shape index (κ2) is 6.08. The number of fused-ring (bicyclic) bond motifs is 1. The Labute approximate surface area is 140 Å². The number of pyridine rings is 1. The minimum Gasteiger partial charge on any atom is -0.507 e. The molecule has 0 aliphatic rings. The van der Waals surface area contributed by atoms with Gasteiger partial charge in [0.05, 0.1) is 29.4 Å². The molecule has 0 aliphatic heterocycles. The molecule has 1 heterocycles. The maximum Gasteiger partial charge on any atom is 0.416 e. The molecule has 0 atom stereocenters. The van der Waals surface area contributed by atoms with Crippen LogP contribution in [0.4, 0.5) is 13.2 Å². The van der Waals surface area contributed by atoms with Crippen LogP contribution in [-0.2, 0) is 10.9 Å². The summed E-state index contributed by atoms with van der Waals surface area (Å²) in [5, 5.41) is 10.6. The third-order valence-electron chi connectivity index (χ3n) is 3.72. The molecular formula is C18H12F3NO3. The van der Waals surface area contributed by atoms with Gasteiger partial charge in [-0.15, -0.1) is 0 Å². The molecule has 0 radical (unpaired) electrons. The molecule has 0 aliphatic carbocycles. The molecule has 0 saturated heterocycles. The van der Waals surface area contributed by atoms with Crippen molar-refractivity contribution in [1.29, 1.82) is 0 Å². The van der Waals surface area contributed by atoms with E-state index in [0.717, 1.165) is 12.1 Å². The standard InChI is InChI=1S/C18H12F3NO3/c1-25-17(24)11-4-7-13-15(8-11)22-14(9-16(13)23)10-2-5-12(6-3-10)18(19,20)21/h2-9H,1H3,(H,22,23). The minimum atomic E-state index is -4.42. The molecule has 0 amide bonds. The molecule has 3 aromatic rings.